The van der Waals surface area contributed by atoms with Crippen LogP contribution in [0.3, 0.4) is 0 Å². The molecule has 0 amide bonds. The Labute approximate surface area is 114 Å². The van der Waals surface area contributed by atoms with Crippen LogP contribution in [-0.2, 0) is 0 Å². The van der Waals surface area contributed by atoms with Gasteiger partial charge in [0.15, 0.2) is 11.5 Å². The van der Waals surface area contributed by atoms with Crippen LogP contribution in [0.2, 0.25) is 0 Å². The fourth-order valence-electron chi connectivity index (χ4n) is 2.59. The highest BCUT2D eigenvalue weighted by atomic mass is 16.5. The van der Waals surface area contributed by atoms with Crippen LogP contribution in [-0.4, -0.2) is 33.4 Å². The molecule has 0 saturated heterocycles. The van der Waals surface area contributed by atoms with E-state index in [1.807, 2.05) is 6.07 Å². The lowest BCUT2D eigenvalue weighted by atomic mass is 10.1. The van der Waals surface area contributed by atoms with Crippen LogP contribution < -0.4 is 20.1 Å². The van der Waals surface area contributed by atoms with E-state index in [9.17, 15) is 0 Å². The van der Waals surface area contributed by atoms with Gasteiger partial charge in [-0.3, -0.25) is 0 Å². The fourth-order valence-corrected chi connectivity index (χ4v) is 2.59. The van der Waals surface area contributed by atoms with Crippen molar-refractivity contribution in [3.63, 3.8) is 0 Å². The third-order valence-electron chi connectivity index (χ3n) is 4.13. The quantitative estimate of drug-likeness (QED) is 0.902. The first-order valence-corrected chi connectivity index (χ1v) is 7.03. The van der Waals surface area contributed by atoms with E-state index in [0.29, 0.717) is 5.41 Å². The SMILES string of the molecule is CN(CC1(CN)CC1)c1ccc2c(c1)OCCCO2. The zero-order chi connectivity index (χ0) is 13.3. The maximum atomic E-state index is 5.86. The van der Waals surface area contributed by atoms with Gasteiger partial charge in [0.25, 0.3) is 0 Å². The minimum Gasteiger partial charge on any atom is -0.490 e. The van der Waals surface area contributed by atoms with Gasteiger partial charge in [-0.25, -0.2) is 0 Å². The Kier molecular flexibility index (Phi) is 3.27. The molecule has 19 heavy (non-hydrogen) atoms. The first kappa shape index (κ1) is 12.6. The van der Waals surface area contributed by atoms with Gasteiger partial charge < -0.3 is 20.1 Å². The molecule has 4 heteroatoms. The molecule has 2 N–H and O–H groups in total. The molecule has 1 heterocycles. The van der Waals surface area contributed by atoms with Crippen molar-refractivity contribution in [2.45, 2.75) is 19.3 Å². The van der Waals surface area contributed by atoms with E-state index in [0.717, 1.165) is 44.2 Å². The zero-order valence-corrected chi connectivity index (χ0v) is 11.5. The average Bonchev–Trinajstić information content (AvgIpc) is 3.21. The van der Waals surface area contributed by atoms with Gasteiger partial charge in [0.05, 0.1) is 13.2 Å². The van der Waals surface area contributed by atoms with Crippen LogP contribution in [0.15, 0.2) is 18.2 Å². The summed E-state index contributed by atoms with van der Waals surface area (Å²) in [5, 5.41) is 0. The highest BCUT2D eigenvalue weighted by Crippen LogP contribution is 2.45. The lowest BCUT2D eigenvalue weighted by molar-refractivity contribution is 0.297. The molecule has 0 radical (unpaired) electrons. The molecule has 0 bridgehead atoms. The fraction of sp³-hybridized carbons (Fsp3) is 0.600. The van der Waals surface area contributed by atoms with E-state index in [4.69, 9.17) is 15.2 Å². The summed E-state index contributed by atoms with van der Waals surface area (Å²) in [5.74, 6) is 1.72. The van der Waals surface area contributed by atoms with E-state index < -0.39 is 0 Å². The molecular formula is C15H22N2O2. The lowest BCUT2D eigenvalue weighted by Gasteiger charge is -2.25. The van der Waals surface area contributed by atoms with Gasteiger partial charge in [-0.15, -0.1) is 0 Å². The number of anilines is 1. The van der Waals surface area contributed by atoms with Gasteiger partial charge in [-0.2, -0.15) is 0 Å². The predicted molar refractivity (Wildman–Crippen MR) is 76.0 cm³/mol. The van der Waals surface area contributed by atoms with E-state index in [1.54, 1.807) is 0 Å². The number of rotatable bonds is 4. The van der Waals surface area contributed by atoms with Gasteiger partial charge >= 0.3 is 0 Å². The molecule has 1 aliphatic carbocycles. The molecule has 1 aliphatic heterocycles. The van der Waals surface area contributed by atoms with Crippen molar-refractivity contribution in [3.8, 4) is 11.5 Å². The Bertz CT molecular complexity index is 457. The molecule has 104 valence electrons. The number of nitrogens with two attached hydrogens (primary N) is 1. The van der Waals surface area contributed by atoms with Crippen molar-refractivity contribution in [3.05, 3.63) is 18.2 Å². The van der Waals surface area contributed by atoms with Crippen LogP contribution in [0.1, 0.15) is 19.3 Å². The maximum Gasteiger partial charge on any atom is 0.163 e. The van der Waals surface area contributed by atoms with E-state index in [2.05, 4.69) is 24.1 Å². The van der Waals surface area contributed by atoms with Gasteiger partial charge in [-0.1, -0.05) is 0 Å². The Morgan fingerprint density at radius 2 is 1.95 bits per heavy atom. The van der Waals surface area contributed by atoms with Crippen molar-refractivity contribution < 1.29 is 9.47 Å². The van der Waals surface area contributed by atoms with Gasteiger partial charge in [0, 0.05) is 37.2 Å². The minimum atomic E-state index is 0.346. The van der Waals surface area contributed by atoms with Crippen LogP contribution in [0, 0.1) is 5.41 Å². The number of hydrogen-bond acceptors (Lipinski definition) is 4. The smallest absolute Gasteiger partial charge is 0.163 e. The summed E-state index contributed by atoms with van der Waals surface area (Å²) in [6.45, 7) is 3.26. The largest absolute Gasteiger partial charge is 0.490 e. The van der Waals surface area contributed by atoms with Crippen molar-refractivity contribution >= 4 is 5.69 Å². The number of ether oxygens (including phenoxy) is 2. The summed E-state index contributed by atoms with van der Waals surface area (Å²) in [5.41, 5.74) is 7.37. The number of nitrogens with zero attached hydrogens (tertiary/aromatic N) is 1. The standard InChI is InChI=1S/C15H22N2O2/c1-17(11-15(10-16)5-6-15)12-3-4-13-14(9-12)19-8-2-7-18-13/h3-4,9H,2,5-8,10-11,16H2,1H3. The molecule has 4 nitrogen and oxygen atoms in total. The van der Waals surface area contributed by atoms with E-state index >= 15 is 0 Å². The molecule has 0 aromatic heterocycles. The monoisotopic (exact) mass is 262 g/mol. The van der Waals surface area contributed by atoms with Crippen molar-refractivity contribution in [2.75, 3.05) is 38.3 Å². The Balaban J connectivity index is 1.75. The maximum absolute atomic E-state index is 5.86. The number of benzene rings is 1. The topological polar surface area (TPSA) is 47.7 Å². The molecule has 3 rings (SSSR count). The average molecular weight is 262 g/mol. The lowest BCUT2D eigenvalue weighted by Crippen LogP contribution is -2.31. The van der Waals surface area contributed by atoms with Crippen LogP contribution in [0.25, 0.3) is 0 Å². The van der Waals surface area contributed by atoms with Gasteiger partial charge in [0.2, 0.25) is 0 Å². The van der Waals surface area contributed by atoms with E-state index in [1.165, 1.54) is 18.5 Å². The molecule has 2 aliphatic rings. The summed E-state index contributed by atoms with van der Waals surface area (Å²) in [4.78, 5) is 2.27. The normalized spacial score (nSPS) is 19.7. The predicted octanol–water partition coefficient (Wildman–Crippen LogP) is 2.02. The zero-order valence-electron chi connectivity index (χ0n) is 11.5. The third kappa shape index (κ3) is 2.63. The second-order valence-electron chi connectivity index (χ2n) is 5.74. The van der Waals surface area contributed by atoms with Crippen LogP contribution >= 0.6 is 0 Å². The van der Waals surface area contributed by atoms with E-state index in [-0.39, 0.29) is 0 Å². The van der Waals surface area contributed by atoms with Gasteiger partial charge in [0.1, 0.15) is 0 Å². The summed E-state index contributed by atoms with van der Waals surface area (Å²) < 4.78 is 11.4. The first-order valence-electron chi connectivity index (χ1n) is 7.03. The molecule has 1 aromatic rings. The van der Waals surface area contributed by atoms with Crippen LogP contribution in [0.4, 0.5) is 5.69 Å². The van der Waals surface area contributed by atoms with Crippen molar-refractivity contribution in [2.24, 2.45) is 11.1 Å². The molecule has 1 saturated carbocycles. The van der Waals surface area contributed by atoms with Crippen molar-refractivity contribution in [1.82, 2.24) is 0 Å². The molecule has 0 unspecified atom stereocenters. The van der Waals surface area contributed by atoms with Crippen molar-refractivity contribution in [1.29, 1.82) is 0 Å². The minimum absolute atomic E-state index is 0.346. The Hall–Kier alpha value is -1.42. The molecule has 1 aromatic carbocycles. The summed E-state index contributed by atoms with van der Waals surface area (Å²) in [7, 11) is 2.12. The first-order chi connectivity index (χ1) is 9.22. The second kappa shape index (κ2) is 4.93. The molecular weight excluding hydrogens is 240 g/mol. The van der Waals surface area contributed by atoms with Crippen LogP contribution in [0.5, 0.6) is 11.5 Å². The number of hydrogen-bond donors (Lipinski definition) is 1. The Morgan fingerprint density at radius 1 is 1.21 bits per heavy atom. The second-order valence-corrected chi connectivity index (χ2v) is 5.74. The molecule has 0 spiro atoms. The van der Waals surface area contributed by atoms with Gasteiger partial charge in [-0.05, 0) is 31.5 Å². The summed E-state index contributed by atoms with van der Waals surface area (Å²) >= 11 is 0. The highest BCUT2D eigenvalue weighted by Gasteiger charge is 2.42. The molecule has 1 fully saturated rings. The Morgan fingerprint density at radius 3 is 2.63 bits per heavy atom. The highest BCUT2D eigenvalue weighted by molar-refractivity contribution is 5.56. The summed E-state index contributed by atoms with van der Waals surface area (Å²) in [6.07, 6.45) is 3.44. The summed E-state index contributed by atoms with van der Waals surface area (Å²) in [6, 6.07) is 6.18. The number of fused-ring (bicyclic) bond motifs is 1. The molecule has 0 atom stereocenters. The third-order valence-corrected chi connectivity index (χ3v) is 4.13.